The number of carbonyl (C=O) groups excluding carboxylic acids is 2. The third kappa shape index (κ3) is 6.22. The molecule has 2 atom stereocenters. The zero-order valence-corrected chi connectivity index (χ0v) is 12.2. The van der Waals surface area contributed by atoms with Crippen molar-refractivity contribution in [1.82, 2.24) is 10.2 Å². The number of nitrogens with zero attached hydrogens (tertiary/aromatic N) is 1. The van der Waals surface area contributed by atoms with E-state index in [1.165, 1.54) is 0 Å². The van der Waals surface area contributed by atoms with Crippen molar-refractivity contribution in [2.24, 2.45) is 0 Å². The van der Waals surface area contributed by atoms with Gasteiger partial charge in [-0.3, -0.25) is 4.79 Å². The van der Waals surface area contributed by atoms with E-state index in [9.17, 15) is 22.8 Å². The lowest BCUT2D eigenvalue weighted by atomic mass is 9.97. The molecule has 122 valence electrons. The number of alkyl carbamates (subject to hydrolysis) is 1. The van der Waals surface area contributed by atoms with Gasteiger partial charge in [0.15, 0.2) is 6.61 Å². The molecule has 0 aliphatic carbocycles. The lowest BCUT2D eigenvalue weighted by Gasteiger charge is -2.39. The minimum absolute atomic E-state index is 0.0362. The minimum atomic E-state index is -4.55. The normalized spacial score (nSPS) is 22.8. The number of carbonyl (C=O) groups is 2. The van der Waals surface area contributed by atoms with E-state index in [2.05, 4.69) is 10.1 Å². The number of likely N-dealkylation sites (tertiary alicyclic amines) is 1. The van der Waals surface area contributed by atoms with E-state index in [1.54, 1.807) is 4.90 Å². The first kappa shape index (κ1) is 17.6. The van der Waals surface area contributed by atoms with Crippen molar-refractivity contribution >= 4 is 12.0 Å². The first-order valence-corrected chi connectivity index (χ1v) is 6.99. The second kappa shape index (κ2) is 7.51. The van der Waals surface area contributed by atoms with Crippen molar-refractivity contribution in [3.05, 3.63) is 0 Å². The Bertz CT molecular complexity index is 364. The average Bonchev–Trinajstić information content (AvgIpc) is 2.35. The van der Waals surface area contributed by atoms with Crippen molar-refractivity contribution in [1.29, 1.82) is 0 Å². The van der Waals surface area contributed by atoms with Crippen molar-refractivity contribution in [3.63, 3.8) is 0 Å². The molecule has 1 rings (SSSR count). The quantitative estimate of drug-likeness (QED) is 0.868. The summed E-state index contributed by atoms with van der Waals surface area (Å²) in [5, 5.41) is 2.15. The topological polar surface area (TPSA) is 58.6 Å². The van der Waals surface area contributed by atoms with Crippen LogP contribution in [0, 0.1) is 0 Å². The van der Waals surface area contributed by atoms with Crippen LogP contribution in [-0.2, 0) is 9.53 Å². The van der Waals surface area contributed by atoms with Crippen LogP contribution < -0.4 is 5.32 Å². The maximum Gasteiger partial charge on any atom is 0.422 e. The number of hydrogen-bond acceptors (Lipinski definition) is 3. The summed E-state index contributed by atoms with van der Waals surface area (Å²) in [4.78, 5) is 24.9. The van der Waals surface area contributed by atoms with Crippen molar-refractivity contribution in [2.75, 3.05) is 13.2 Å². The Morgan fingerprint density at radius 2 is 1.81 bits per heavy atom. The van der Waals surface area contributed by atoms with Crippen LogP contribution in [0.1, 0.15) is 39.5 Å². The molecule has 8 heteroatoms. The van der Waals surface area contributed by atoms with Crippen LogP contribution in [0.25, 0.3) is 0 Å². The maximum absolute atomic E-state index is 12.1. The molecule has 1 heterocycles. The highest BCUT2D eigenvalue weighted by Crippen LogP contribution is 2.23. The molecule has 0 unspecified atom stereocenters. The Morgan fingerprint density at radius 1 is 1.24 bits per heavy atom. The third-order valence-electron chi connectivity index (χ3n) is 3.46. The predicted octanol–water partition coefficient (Wildman–Crippen LogP) is 2.45. The molecule has 2 amide bonds. The first-order valence-electron chi connectivity index (χ1n) is 6.99. The Morgan fingerprint density at radius 3 is 2.33 bits per heavy atom. The van der Waals surface area contributed by atoms with Gasteiger partial charge in [-0.2, -0.15) is 13.2 Å². The van der Waals surface area contributed by atoms with Gasteiger partial charge in [0, 0.05) is 25.0 Å². The van der Waals surface area contributed by atoms with Crippen LogP contribution in [-0.4, -0.2) is 48.3 Å². The van der Waals surface area contributed by atoms with Crippen LogP contribution in [0.3, 0.4) is 0 Å². The molecule has 0 radical (unpaired) electrons. The van der Waals surface area contributed by atoms with Gasteiger partial charge in [-0.25, -0.2) is 4.79 Å². The highest BCUT2D eigenvalue weighted by molar-refractivity contribution is 5.78. The largest absolute Gasteiger partial charge is 0.440 e. The molecular formula is C13H21F3N2O3. The molecule has 1 fully saturated rings. The molecule has 1 aliphatic heterocycles. The van der Waals surface area contributed by atoms with Gasteiger partial charge in [0.2, 0.25) is 5.91 Å². The highest BCUT2D eigenvalue weighted by atomic mass is 19.4. The molecule has 1 saturated heterocycles. The van der Waals surface area contributed by atoms with E-state index in [0.29, 0.717) is 0 Å². The van der Waals surface area contributed by atoms with Gasteiger partial charge in [0.05, 0.1) is 0 Å². The van der Waals surface area contributed by atoms with Crippen molar-refractivity contribution < 1.29 is 27.5 Å². The summed E-state index contributed by atoms with van der Waals surface area (Å²) in [7, 11) is 0. The summed E-state index contributed by atoms with van der Waals surface area (Å²) in [5.41, 5.74) is 0. The fraction of sp³-hybridized carbons (Fsp3) is 0.846. The number of amides is 2. The molecule has 21 heavy (non-hydrogen) atoms. The van der Waals surface area contributed by atoms with Gasteiger partial charge in [0.1, 0.15) is 0 Å². The number of nitrogens with one attached hydrogen (secondary N) is 1. The van der Waals surface area contributed by atoms with Crippen LogP contribution >= 0.6 is 0 Å². The molecule has 0 aromatic heterocycles. The standard InChI is InChI=1S/C13H21F3N2O3/c1-9-4-3-5-10(2)18(9)11(19)6-7-17-12(20)21-8-13(14,15)16/h9-10H,3-8H2,1-2H3,(H,17,20)/t9-,10+. The molecule has 0 aromatic rings. The highest BCUT2D eigenvalue weighted by Gasteiger charge is 2.30. The summed E-state index contributed by atoms with van der Waals surface area (Å²) in [5.74, 6) is -0.106. The zero-order chi connectivity index (χ0) is 16.0. The van der Waals surface area contributed by atoms with Crippen LogP contribution in [0.15, 0.2) is 0 Å². The smallest absolute Gasteiger partial charge is 0.422 e. The van der Waals surface area contributed by atoms with Crippen LogP contribution in [0.2, 0.25) is 0 Å². The molecule has 0 aromatic carbocycles. The van der Waals surface area contributed by atoms with E-state index < -0.39 is 18.9 Å². The number of piperidine rings is 1. The van der Waals surface area contributed by atoms with Crippen LogP contribution in [0.4, 0.5) is 18.0 Å². The number of hydrogen-bond donors (Lipinski definition) is 1. The summed E-state index contributed by atoms with van der Waals surface area (Å²) in [6.45, 7) is 2.27. The molecule has 1 aliphatic rings. The van der Waals surface area contributed by atoms with Gasteiger partial charge in [-0.05, 0) is 33.1 Å². The maximum atomic E-state index is 12.1. The second-order valence-corrected chi connectivity index (χ2v) is 5.30. The molecule has 0 bridgehead atoms. The van der Waals surface area contributed by atoms with E-state index in [4.69, 9.17) is 0 Å². The summed E-state index contributed by atoms with van der Waals surface area (Å²) in [6.07, 6.45) is -2.70. The summed E-state index contributed by atoms with van der Waals surface area (Å²) < 4.78 is 39.5. The van der Waals surface area contributed by atoms with E-state index >= 15 is 0 Å². The van der Waals surface area contributed by atoms with Gasteiger partial charge >= 0.3 is 12.3 Å². The Balaban J connectivity index is 2.28. The van der Waals surface area contributed by atoms with E-state index in [-0.39, 0.29) is 31.0 Å². The summed E-state index contributed by atoms with van der Waals surface area (Å²) >= 11 is 0. The Hall–Kier alpha value is -1.47. The fourth-order valence-electron chi connectivity index (χ4n) is 2.51. The Labute approximate surface area is 121 Å². The molecule has 1 N–H and O–H groups in total. The van der Waals surface area contributed by atoms with Gasteiger partial charge in [-0.1, -0.05) is 0 Å². The first-order chi connectivity index (χ1) is 9.70. The molecule has 0 spiro atoms. The van der Waals surface area contributed by atoms with Crippen molar-refractivity contribution in [3.8, 4) is 0 Å². The van der Waals surface area contributed by atoms with Crippen LogP contribution in [0.5, 0.6) is 0 Å². The van der Waals surface area contributed by atoms with Gasteiger partial charge in [-0.15, -0.1) is 0 Å². The number of ether oxygens (including phenoxy) is 1. The summed E-state index contributed by atoms with van der Waals surface area (Å²) in [6, 6.07) is 0.303. The second-order valence-electron chi connectivity index (χ2n) is 5.30. The fourth-order valence-corrected chi connectivity index (χ4v) is 2.51. The Kier molecular flexibility index (Phi) is 6.29. The van der Waals surface area contributed by atoms with Crippen molar-refractivity contribution in [2.45, 2.75) is 57.8 Å². The lowest BCUT2D eigenvalue weighted by molar-refractivity contribution is -0.160. The van der Waals surface area contributed by atoms with Gasteiger partial charge in [0.25, 0.3) is 0 Å². The molecular weight excluding hydrogens is 289 g/mol. The van der Waals surface area contributed by atoms with E-state index in [1.807, 2.05) is 13.8 Å². The number of halogens is 3. The minimum Gasteiger partial charge on any atom is -0.440 e. The number of rotatable bonds is 4. The average molecular weight is 310 g/mol. The third-order valence-corrected chi connectivity index (χ3v) is 3.46. The van der Waals surface area contributed by atoms with Gasteiger partial charge < -0.3 is 15.0 Å². The number of alkyl halides is 3. The SMILES string of the molecule is C[C@@H]1CCC[C@H](C)N1C(=O)CCNC(=O)OCC(F)(F)F. The monoisotopic (exact) mass is 310 g/mol. The predicted molar refractivity (Wildman–Crippen MR) is 69.6 cm³/mol. The lowest BCUT2D eigenvalue weighted by Crippen LogP contribution is -2.48. The van der Waals surface area contributed by atoms with E-state index in [0.717, 1.165) is 19.3 Å². The zero-order valence-electron chi connectivity index (χ0n) is 12.2. The molecule has 5 nitrogen and oxygen atoms in total. The molecule has 0 saturated carbocycles.